The van der Waals surface area contributed by atoms with E-state index in [0.29, 0.717) is 6.41 Å². The average Bonchev–Trinajstić information content (AvgIpc) is 1.41. The maximum Gasteiger partial charge on any atom is 0.223 e. The molecule has 0 saturated heterocycles. The topological polar surface area (TPSA) is 61.4 Å². The highest BCUT2D eigenvalue weighted by molar-refractivity contribution is 5.44. The lowest BCUT2D eigenvalue weighted by atomic mass is 11.4. The summed E-state index contributed by atoms with van der Waals surface area (Å²) in [6, 6.07) is 0. The fourth-order valence-corrected chi connectivity index (χ4v) is 0.0264. The van der Waals surface area contributed by atoms with E-state index in [4.69, 9.17) is 10.0 Å². The molecule has 0 aromatic heterocycles. The number of hydrogen-bond donors (Lipinski definition) is 3. The zero-order valence-electron chi connectivity index (χ0n) is 2.43. The summed E-state index contributed by atoms with van der Waals surface area (Å²) in [5.74, 6) is 0. The Morgan fingerprint density at radius 3 is 2.40 bits per heavy atom. The normalized spacial score (nSPS) is 6.60. The second-order valence-corrected chi connectivity index (χ2v) is 0.374. The SMILES string of the molecule is O=CNNO. The first-order valence-electron chi connectivity index (χ1n) is 0.998. The summed E-state index contributed by atoms with van der Waals surface area (Å²) in [5, 5.41) is 7.47. The lowest BCUT2D eigenvalue weighted by Crippen LogP contribution is -2.25. The molecule has 0 atom stereocenters. The van der Waals surface area contributed by atoms with Crippen molar-refractivity contribution in [3.63, 3.8) is 0 Å². The summed E-state index contributed by atoms with van der Waals surface area (Å²) in [6.45, 7) is 0. The van der Waals surface area contributed by atoms with Gasteiger partial charge >= 0.3 is 0 Å². The highest BCUT2D eigenvalue weighted by Crippen LogP contribution is 1.14. The Morgan fingerprint density at radius 1 is 1.80 bits per heavy atom. The maximum atomic E-state index is 9.07. The van der Waals surface area contributed by atoms with Crippen molar-refractivity contribution in [3.8, 4) is 0 Å². The van der Waals surface area contributed by atoms with Crippen molar-refractivity contribution in [2.24, 2.45) is 0 Å². The van der Waals surface area contributed by atoms with Gasteiger partial charge < -0.3 is 0 Å². The zero-order valence-corrected chi connectivity index (χ0v) is 2.43. The van der Waals surface area contributed by atoms with Gasteiger partial charge in [0.25, 0.3) is 0 Å². The van der Waals surface area contributed by atoms with Gasteiger partial charge in [-0.2, -0.15) is 0 Å². The highest BCUT2D eigenvalue weighted by atomic mass is 16.5. The van der Waals surface area contributed by atoms with Crippen molar-refractivity contribution in [3.05, 3.63) is 0 Å². The third kappa shape index (κ3) is 3.39. The molecule has 0 aromatic carbocycles. The molecule has 4 heteroatoms. The van der Waals surface area contributed by atoms with Gasteiger partial charge in [0.05, 0.1) is 0 Å². The van der Waals surface area contributed by atoms with Crippen molar-refractivity contribution in [2.45, 2.75) is 0 Å². The van der Waals surface area contributed by atoms with Gasteiger partial charge in [-0.05, 0) is 0 Å². The lowest BCUT2D eigenvalue weighted by molar-refractivity contribution is -0.112. The molecule has 0 bridgehead atoms. The standard InChI is InChI=1S/CH4N2O2/c4-1-2-3-5/h1,3,5H,(H,2,4). The summed E-state index contributed by atoms with van der Waals surface area (Å²) < 4.78 is 0. The van der Waals surface area contributed by atoms with Crippen LogP contribution in [-0.2, 0) is 4.79 Å². The molecule has 0 aliphatic rings. The third-order valence-corrected chi connectivity index (χ3v) is 0.123. The van der Waals surface area contributed by atoms with Gasteiger partial charge in [-0.1, -0.05) is 0 Å². The molecule has 0 spiro atoms. The zero-order chi connectivity index (χ0) is 4.12. The first-order valence-corrected chi connectivity index (χ1v) is 0.998. The monoisotopic (exact) mass is 76.0 g/mol. The van der Waals surface area contributed by atoms with E-state index in [2.05, 4.69) is 0 Å². The molecule has 4 nitrogen and oxygen atoms in total. The van der Waals surface area contributed by atoms with E-state index in [-0.39, 0.29) is 0 Å². The number of carbonyl (C=O) groups is 1. The van der Waals surface area contributed by atoms with Gasteiger partial charge in [0.1, 0.15) is 0 Å². The first kappa shape index (κ1) is 4.39. The highest BCUT2D eigenvalue weighted by Gasteiger charge is 1.56. The molecular weight excluding hydrogens is 72.0 g/mol. The summed E-state index contributed by atoms with van der Waals surface area (Å²) in [6.07, 6.45) is 0.319. The van der Waals surface area contributed by atoms with E-state index in [1.54, 1.807) is 5.43 Å². The van der Waals surface area contributed by atoms with E-state index < -0.39 is 0 Å². The Labute approximate surface area is 28.7 Å². The largest absolute Gasteiger partial charge is 0.297 e. The van der Waals surface area contributed by atoms with Crippen molar-refractivity contribution in [1.29, 1.82) is 0 Å². The van der Waals surface area contributed by atoms with Crippen molar-refractivity contribution >= 4 is 6.41 Å². The molecule has 0 aliphatic carbocycles. The molecule has 0 heterocycles. The van der Waals surface area contributed by atoms with Gasteiger partial charge in [0, 0.05) is 0 Å². The number of nitrogens with one attached hydrogen (secondary N) is 2. The van der Waals surface area contributed by atoms with Crippen LogP contribution in [0, 0.1) is 0 Å². The van der Waals surface area contributed by atoms with E-state index in [0.717, 1.165) is 0 Å². The molecule has 0 aromatic rings. The molecular formula is CH4N2O2. The van der Waals surface area contributed by atoms with E-state index in [1.165, 1.54) is 5.59 Å². The van der Waals surface area contributed by atoms with Crippen molar-refractivity contribution < 1.29 is 10.0 Å². The van der Waals surface area contributed by atoms with Crippen LogP contribution in [0.3, 0.4) is 0 Å². The Balaban J connectivity index is 2.40. The molecule has 3 N–H and O–H groups in total. The van der Waals surface area contributed by atoms with E-state index in [9.17, 15) is 0 Å². The molecule has 0 radical (unpaired) electrons. The van der Waals surface area contributed by atoms with Crippen LogP contribution in [-0.4, -0.2) is 11.6 Å². The minimum absolute atomic E-state index is 0.319. The molecule has 0 fully saturated rings. The number of amides is 1. The molecule has 5 heavy (non-hydrogen) atoms. The van der Waals surface area contributed by atoms with Gasteiger partial charge in [-0.3, -0.25) is 15.4 Å². The number of hydrazine groups is 1. The predicted molar refractivity (Wildman–Crippen MR) is 14.1 cm³/mol. The van der Waals surface area contributed by atoms with Crippen LogP contribution in [0.5, 0.6) is 0 Å². The van der Waals surface area contributed by atoms with Gasteiger partial charge in [0.15, 0.2) is 0 Å². The minimum atomic E-state index is 0.319. The van der Waals surface area contributed by atoms with Crippen LogP contribution >= 0.6 is 0 Å². The Morgan fingerprint density at radius 2 is 2.40 bits per heavy atom. The first-order chi connectivity index (χ1) is 2.41. The smallest absolute Gasteiger partial charge is 0.223 e. The van der Waals surface area contributed by atoms with E-state index >= 15 is 0 Å². The quantitative estimate of drug-likeness (QED) is 0.281. The van der Waals surface area contributed by atoms with Crippen molar-refractivity contribution in [2.75, 3.05) is 0 Å². The van der Waals surface area contributed by atoms with Crippen molar-refractivity contribution in [1.82, 2.24) is 11.0 Å². The van der Waals surface area contributed by atoms with Gasteiger partial charge in [0.2, 0.25) is 6.41 Å². The summed E-state index contributed by atoms with van der Waals surface area (Å²) in [7, 11) is 0. The summed E-state index contributed by atoms with van der Waals surface area (Å²) in [4.78, 5) is 9.07. The predicted octanol–water partition coefficient (Wildman–Crippen LogP) is -1.37. The second kappa shape index (κ2) is 3.39. The van der Waals surface area contributed by atoms with Gasteiger partial charge in [-0.15, -0.1) is 5.59 Å². The Bertz CT molecular complexity index is 28.8. The number of hydrogen-bond acceptors (Lipinski definition) is 3. The lowest BCUT2D eigenvalue weighted by Gasteiger charge is -1.81. The third-order valence-electron chi connectivity index (χ3n) is 0.123. The van der Waals surface area contributed by atoms with Crippen LogP contribution < -0.4 is 11.0 Å². The maximum absolute atomic E-state index is 9.07. The molecule has 0 aliphatic heterocycles. The second-order valence-electron chi connectivity index (χ2n) is 0.374. The minimum Gasteiger partial charge on any atom is -0.297 e. The number of carbonyl (C=O) groups excluding carboxylic acids is 1. The van der Waals surface area contributed by atoms with Crippen LogP contribution in [0.2, 0.25) is 0 Å². The molecule has 0 unspecified atom stereocenters. The number of rotatable bonds is 2. The van der Waals surface area contributed by atoms with E-state index in [1.807, 2.05) is 0 Å². The van der Waals surface area contributed by atoms with Crippen LogP contribution in [0.4, 0.5) is 0 Å². The fourth-order valence-electron chi connectivity index (χ4n) is 0.0264. The molecule has 0 rings (SSSR count). The van der Waals surface area contributed by atoms with Crippen LogP contribution in [0.15, 0.2) is 0 Å². The molecule has 0 saturated carbocycles. The Hall–Kier alpha value is -0.610. The Kier molecular flexibility index (Phi) is 2.98. The van der Waals surface area contributed by atoms with Crippen LogP contribution in [0.1, 0.15) is 0 Å². The molecule has 1 amide bonds. The summed E-state index contributed by atoms with van der Waals surface area (Å²) in [5.41, 5.74) is 3.14. The summed E-state index contributed by atoms with van der Waals surface area (Å²) >= 11 is 0. The van der Waals surface area contributed by atoms with Crippen LogP contribution in [0.25, 0.3) is 0 Å². The average molecular weight is 76.1 g/mol. The van der Waals surface area contributed by atoms with Gasteiger partial charge in [-0.25, -0.2) is 0 Å². The fraction of sp³-hybridized carbons (Fsp3) is 0. The molecule has 30 valence electrons.